The van der Waals surface area contributed by atoms with Crippen molar-refractivity contribution in [3.8, 4) is 6.07 Å². The summed E-state index contributed by atoms with van der Waals surface area (Å²) in [6.45, 7) is 1.84. The Morgan fingerprint density at radius 3 is 2.40 bits per heavy atom. The van der Waals surface area contributed by atoms with Crippen LogP contribution in [0, 0.1) is 36.0 Å². The van der Waals surface area contributed by atoms with Gasteiger partial charge in [-0.15, -0.1) is 0 Å². The van der Waals surface area contributed by atoms with Crippen LogP contribution in [0.25, 0.3) is 0 Å². The maximum atomic E-state index is 13.9. The SMILES string of the molecule is Cc1ccccc1N1C(=O)C2C(c3ccc(C#N)cc3)NC(CC3CCCCC3)(C(=O)O)C2C1=O. The molecule has 3 aliphatic rings. The lowest BCUT2D eigenvalue weighted by Crippen LogP contribution is -2.57. The summed E-state index contributed by atoms with van der Waals surface area (Å²) in [5, 5.41) is 23.1. The molecule has 0 bridgehead atoms. The van der Waals surface area contributed by atoms with Gasteiger partial charge in [-0.1, -0.05) is 62.4 Å². The Bertz CT molecular complexity index is 1210. The van der Waals surface area contributed by atoms with Crippen molar-refractivity contribution in [3.63, 3.8) is 0 Å². The van der Waals surface area contributed by atoms with E-state index in [1.165, 1.54) is 4.90 Å². The number of carboxylic acids is 1. The fraction of sp³-hybridized carbons (Fsp3) is 0.429. The van der Waals surface area contributed by atoms with Gasteiger partial charge in [0.15, 0.2) is 0 Å². The summed E-state index contributed by atoms with van der Waals surface area (Å²) in [5.41, 5.74) is 0.941. The van der Waals surface area contributed by atoms with Crippen LogP contribution in [0.2, 0.25) is 0 Å². The monoisotopic (exact) mass is 471 g/mol. The molecule has 2 heterocycles. The van der Waals surface area contributed by atoms with Gasteiger partial charge in [0, 0.05) is 6.04 Å². The van der Waals surface area contributed by atoms with Crippen molar-refractivity contribution >= 4 is 23.5 Å². The number of imide groups is 1. The molecule has 4 unspecified atom stereocenters. The van der Waals surface area contributed by atoms with E-state index in [9.17, 15) is 24.8 Å². The van der Waals surface area contributed by atoms with E-state index < -0.39 is 35.3 Å². The number of nitriles is 1. The molecule has 2 amide bonds. The molecule has 7 nitrogen and oxygen atoms in total. The van der Waals surface area contributed by atoms with Crippen molar-refractivity contribution in [2.24, 2.45) is 17.8 Å². The molecule has 0 radical (unpaired) electrons. The number of nitrogens with zero attached hydrogens (tertiary/aromatic N) is 2. The molecule has 180 valence electrons. The fourth-order valence-corrected chi connectivity index (χ4v) is 6.42. The van der Waals surface area contributed by atoms with Crippen molar-refractivity contribution < 1.29 is 19.5 Å². The molecule has 0 spiro atoms. The van der Waals surface area contributed by atoms with Gasteiger partial charge in [-0.05, 0) is 48.6 Å². The Morgan fingerprint density at radius 2 is 1.77 bits per heavy atom. The third-order valence-electron chi connectivity index (χ3n) is 8.13. The number of aryl methyl sites for hydroxylation is 1. The van der Waals surface area contributed by atoms with E-state index in [-0.39, 0.29) is 11.8 Å². The molecule has 2 aromatic rings. The lowest BCUT2D eigenvalue weighted by molar-refractivity contribution is -0.150. The Morgan fingerprint density at radius 1 is 1.09 bits per heavy atom. The highest BCUT2D eigenvalue weighted by molar-refractivity contribution is 6.24. The van der Waals surface area contributed by atoms with E-state index in [0.29, 0.717) is 23.2 Å². The highest BCUT2D eigenvalue weighted by atomic mass is 16.4. The molecule has 5 rings (SSSR count). The van der Waals surface area contributed by atoms with Crippen LogP contribution < -0.4 is 10.2 Å². The van der Waals surface area contributed by atoms with Gasteiger partial charge >= 0.3 is 5.97 Å². The Labute approximate surface area is 204 Å². The summed E-state index contributed by atoms with van der Waals surface area (Å²) in [6.07, 6.45) is 5.42. The van der Waals surface area contributed by atoms with Gasteiger partial charge in [-0.3, -0.25) is 19.7 Å². The minimum Gasteiger partial charge on any atom is -0.480 e. The molecule has 2 aromatic carbocycles. The average Bonchev–Trinajstić information content (AvgIpc) is 3.34. The van der Waals surface area contributed by atoms with E-state index in [2.05, 4.69) is 11.4 Å². The highest BCUT2D eigenvalue weighted by Crippen LogP contribution is 2.52. The number of hydrogen-bond donors (Lipinski definition) is 2. The summed E-state index contributed by atoms with van der Waals surface area (Å²) in [7, 11) is 0. The van der Waals surface area contributed by atoms with Crippen LogP contribution in [0.15, 0.2) is 48.5 Å². The predicted molar refractivity (Wildman–Crippen MR) is 129 cm³/mol. The van der Waals surface area contributed by atoms with Crippen LogP contribution in [0.3, 0.4) is 0 Å². The third kappa shape index (κ3) is 3.73. The zero-order chi connectivity index (χ0) is 24.7. The van der Waals surface area contributed by atoms with Gasteiger partial charge in [0.1, 0.15) is 5.54 Å². The minimum absolute atomic E-state index is 0.183. The smallest absolute Gasteiger partial charge is 0.324 e. The molecule has 0 aromatic heterocycles. The number of carbonyl (C=O) groups is 3. The summed E-state index contributed by atoms with van der Waals surface area (Å²) in [4.78, 5) is 42.0. The van der Waals surface area contributed by atoms with Crippen LogP contribution in [-0.2, 0) is 14.4 Å². The maximum Gasteiger partial charge on any atom is 0.324 e. The second-order valence-electron chi connectivity index (χ2n) is 10.1. The van der Waals surface area contributed by atoms with Gasteiger partial charge in [0.25, 0.3) is 0 Å². The number of carboxylic acid groups (broad SMARTS) is 1. The topological polar surface area (TPSA) is 110 Å². The normalized spacial score (nSPS) is 28.7. The van der Waals surface area contributed by atoms with Gasteiger partial charge in [0.2, 0.25) is 11.8 Å². The fourth-order valence-electron chi connectivity index (χ4n) is 6.42. The number of anilines is 1. The molecule has 2 N–H and O–H groups in total. The van der Waals surface area contributed by atoms with E-state index in [0.717, 1.165) is 37.7 Å². The number of benzene rings is 2. The quantitative estimate of drug-likeness (QED) is 0.635. The number of amides is 2. The molecule has 1 saturated carbocycles. The second kappa shape index (κ2) is 8.94. The third-order valence-corrected chi connectivity index (χ3v) is 8.13. The van der Waals surface area contributed by atoms with Gasteiger partial charge in [0.05, 0.1) is 29.2 Å². The standard InChI is InChI=1S/C28H29N3O4/c1-17-7-5-6-10-21(17)31-25(32)22-23(26(31)33)28(27(34)35,15-18-8-3-2-4-9-18)30-24(22)20-13-11-19(16-29)12-14-20/h5-7,10-14,18,22-24,30H,2-4,8-9,15H2,1H3,(H,34,35). The number of fused-ring (bicyclic) bond motifs is 1. The zero-order valence-corrected chi connectivity index (χ0v) is 19.7. The highest BCUT2D eigenvalue weighted by Gasteiger charge is 2.69. The molecule has 7 heteroatoms. The van der Waals surface area contributed by atoms with E-state index in [4.69, 9.17) is 0 Å². The molecular weight excluding hydrogens is 442 g/mol. The van der Waals surface area contributed by atoms with Crippen molar-refractivity contribution in [2.45, 2.75) is 57.0 Å². The zero-order valence-electron chi connectivity index (χ0n) is 19.7. The molecule has 4 atom stereocenters. The summed E-state index contributed by atoms with van der Waals surface area (Å²) in [6, 6.07) is 15.5. The van der Waals surface area contributed by atoms with Crippen molar-refractivity contribution in [3.05, 3.63) is 65.2 Å². The summed E-state index contributed by atoms with van der Waals surface area (Å²) in [5.74, 6) is -3.56. The predicted octanol–water partition coefficient (Wildman–Crippen LogP) is 4.11. The molecule has 3 fully saturated rings. The van der Waals surface area contributed by atoms with Crippen LogP contribution in [0.1, 0.15) is 61.3 Å². The van der Waals surface area contributed by atoms with Crippen LogP contribution in [-0.4, -0.2) is 28.4 Å². The van der Waals surface area contributed by atoms with Crippen molar-refractivity contribution in [1.29, 1.82) is 5.26 Å². The van der Waals surface area contributed by atoms with Gasteiger partial charge < -0.3 is 5.11 Å². The van der Waals surface area contributed by atoms with E-state index >= 15 is 0 Å². The number of hydrogen-bond acceptors (Lipinski definition) is 5. The molecule has 1 aliphatic carbocycles. The minimum atomic E-state index is -1.53. The lowest BCUT2D eigenvalue weighted by atomic mass is 9.72. The molecule has 35 heavy (non-hydrogen) atoms. The first-order valence-corrected chi connectivity index (χ1v) is 12.3. The lowest BCUT2D eigenvalue weighted by Gasteiger charge is -2.35. The number of nitrogens with one attached hydrogen (secondary N) is 1. The average molecular weight is 472 g/mol. The first kappa shape index (κ1) is 23.3. The first-order chi connectivity index (χ1) is 16.9. The van der Waals surface area contributed by atoms with Crippen molar-refractivity contribution in [1.82, 2.24) is 5.32 Å². The Kier molecular flexibility index (Phi) is 5.94. The number of carbonyl (C=O) groups excluding carboxylic acids is 2. The Balaban J connectivity index is 1.62. The van der Waals surface area contributed by atoms with E-state index in [1.807, 2.05) is 19.1 Å². The molecule has 2 aliphatic heterocycles. The molecular formula is C28H29N3O4. The van der Waals surface area contributed by atoms with Crippen LogP contribution >= 0.6 is 0 Å². The number of para-hydroxylation sites is 1. The number of aliphatic carboxylic acids is 1. The summed E-state index contributed by atoms with van der Waals surface area (Å²) >= 11 is 0. The second-order valence-corrected chi connectivity index (χ2v) is 10.1. The summed E-state index contributed by atoms with van der Waals surface area (Å²) < 4.78 is 0. The Hall–Kier alpha value is -3.50. The maximum absolute atomic E-state index is 13.9. The molecule has 2 saturated heterocycles. The van der Waals surface area contributed by atoms with Gasteiger partial charge in [-0.2, -0.15) is 5.26 Å². The van der Waals surface area contributed by atoms with Crippen LogP contribution in [0.4, 0.5) is 5.69 Å². The number of rotatable bonds is 5. The van der Waals surface area contributed by atoms with Gasteiger partial charge in [-0.25, -0.2) is 4.90 Å². The largest absolute Gasteiger partial charge is 0.480 e. The van der Waals surface area contributed by atoms with Crippen molar-refractivity contribution in [2.75, 3.05) is 4.90 Å². The van der Waals surface area contributed by atoms with E-state index in [1.54, 1.807) is 36.4 Å². The first-order valence-electron chi connectivity index (χ1n) is 12.3. The van der Waals surface area contributed by atoms with Crippen LogP contribution in [0.5, 0.6) is 0 Å².